The van der Waals surface area contributed by atoms with Crippen LogP contribution in [0.2, 0.25) is 0 Å². The van der Waals surface area contributed by atoms with Gasteiger partial charge in [0.1, 0.15) is 11.5 Å². The van der Waals surface area contributed by atoms with Gasteiger partial charge in [-0.1, -0.05) is 19.1 Å². The standard InChI is InChI=1S/C15H18N4O/c1-3-11(14-10(2)6-5-9-17-14)19-15(20)12-7-4-8-13(16)18-12/h4-9,11H,3H2,1-2H3,(H2,16,18)(H,19,20). The third-order valence-electron chi connectivity index (χ3n) is 3.10. The molecule has 104 valence electrons. The summed E-state index contributed by atoms with van der Waals surface area (Å²) in [6.07, 6.45) is 2.49. The van der Waals surface area contributed by atoms with E-state index < -0.39 is 0 Å². The Labute approximate surface area is 118 Å². The molecule has 3 N–H and O–H groups in total. The zero-order valence-electron chi connectivity index (χ0n) is 11.6. The third-order valence-corrected chi connectivity index (χ3v) is 3.10. The highest BCUT2D eigenvalue weighted by Crippen LogP contribution is 2.18. The van der Waals surface area contributed by atoms with Gasteiger partial charge in [-0.2, -0.15) is 0 Å². The molecule has 0 aromatic carbocycles. The molecule has 0 spiro atoms. The van der Waals surface area contributed by atoms with E-state index in [4.69, 9.17) is 5.73 Å². The number of nitrogen functional groups attached to an aromatic ring is 1. The number of aryl methyl sites for hydroxylation is 1. The summed E-state index contributed by atoms with van der Waals surface area (Å²) in [5, 5.41) is 2.95. The van der Waals surface area contributed by atoms with Crippen LogP contribution in [0, 0.1) is 6.92 Å². The van der Waals surface area contributed by atoms with Crippen LogP contribution in [0.15, 0.2) is 36.5 Å². The first kappa shape index (κ1) is 14.0. The summed E-state index contributed by atoms with van der Waals surface area (Å²) in [6, 6.07) is 8.74. The number of pyridine rings is 2. The molecule has 5 nitrogen and oxygen atoms in total. The van der Waals surface area contributed by atoms with Gasteiger partial charge in [0, 0.05) is 6.20 Å². The first-order valence-electron chi connectivity index (χ1n) is 6.56. The molecule has 1 atom stereocenters. The molecule has 5 heteroatoms. The Hall–Kier alpha value is -2.43. The maximum Gasteiger partial charge on any atom is 0.270 e. The van der Waals surface area contributed by atoms with Gasteiger partial charge in [0.25, 0.3) is 5.91 Å². The van der Waals surface area contributed by atoms with E-state index in [0.29, 0.717) is 11.5 Å². The lowest BCUT2D eigenvalue weighted by Gasteiger charge is -2.18. The summed E-state index contributed by atoms with van der Waals surface area (Å²) >= 11 is 0. The SMILES string of the molecule is CCC(NC(=O)c1cccc(N)n1)c1ncccc1C. The third kappa shape index (κ3) is 3.12. The van der Waals surface area contributed by atoms with Crippen molar-refractivity contribution in [3.05, 3.63) is 53.5 Å². The van der Waals surface area contributed by atoms with Gasteiger partial charge in [-0.05, 0) is 37.1 Å². The van der Waals surface area contributed by atoms with Crippen LogP contribution in [0.3, 0.4) is 0 Å². The number of carbonyl (C=O) groups is 1. The van der Waals surface area contributed by atoms with Crippen molar-refractivity contribution in [2.24, 2.45) is 0 Å². The number of nitrogens with zero attached hydrogens (tertiary/aromatic N) is 2. The van der Waals surface area contributed by atoms with Gasteiger partial charge in [-0.25, -0.2) is 4.98 Å². The fourth-order valence-electron chi connectivity index (χ4n) is 2.04. The molecule has 0 aliphatic carbocycles. The predicted octanol–water partition coefficient (Wildman–Crippen LogP) is 2.25. The Morgan fingerprint density at radius 1 is 1.35 bits per heavy atom. The van der Waals surface area contributed by atoms with Crippen molar-refractivity contribution in [2.45, 2.75) is 26.3 Å². The molecule has 20 heavy (non-hydrogen) atoms. The number of anilines is 1. The predicted molar refractivity (Wildman–Crippen MR) is 78.1 cm³/mol. The lowest BCUT2D eigenvalue weighted by Crippen LogP contribution is -2.30. The molecule has 0 fully saturated rings. The zero-order valence-corrected chi connectivity index (χ0v) is 11.6. The van der Waals surface area contributed by atoms with E-state index in [2.05, 4.69) is 15.3 Å². The minimum absolute atomic E-state index is 0.132. The van der Waals surface area contributed by atoms with Gasteiger partial charge in [0.05, 0.1) is 11.7 Å². The van der Waals surface area contributed by atoms with Crippen LogP contribution < -0.4 is 11.1 Å². The number of nitrogens with one attached hydrogen (secondary N) is 1. The van der Waals surface area contributed by atoms with Crippen molar-refractivity contribution >= 4 is 11.7 Å². The van der Waals surface area contributed by atoms with E-state index in [9.17, 15) is 4.79 Å². The normalized spacial score (nSPS) is 11.9. The van der Waals surface area contributed by atoms with Crippen LogP contribution >= 0.6 is 0 Å². The summed E-state index contributed by atoms with van der Waals surface area (Å²) in [6.45, 7) is 3.99. The maximum atomic E-state index is 12.2. The molecular formula is C15H18N4O. The van der Waals surface area contributed by atoms with E-state index in [1.165, 1.54) is 0 Å². The molecule has 0 aliphatic heterocycles. The van der Waals surface area contributed by atoms with Crippen molar-refractivity contribution in [1.82, 2.24) is 15.3 Å². The molecule has 0 saturated carbocycles. The smallest absolute Gasteiger partial charge is 0.270 e. The number of rotatable bonds is 4. The number of nitrogens with two attached hydrogens (primary N) is 1. The minimum Gasteiger partial charge on any atom is -0.384 e. The van der Waals surface area contributed by atoms with Crippen LogP contribution in [-0.4, -0.2) is 15.9 Å². The van der Waals surface area contributed by atoms with Crippen molar-refractivity contribution in [1.29, 1.82) is 0 Å². The van der Waals surface area contributed by atoms with E-state index in [0.717, 1.165) is 17.7 Å². The van der Waals surface area contributed by atoms with Crippen LogP contribution in [0.25, 0.3) is 0 Å². The molecule has 0 bridgehead atoms. The van der Waals surface area contributed by atoms with Crippen LogP contribution in [-0.2, 0) is 0 Å². The van der Waals surface area contributed by atoms with Crippen LogP contribution in [0.5, 0.6) is 0 Å². The fraction of sp³-hybridized carbons (Fsp3) is 0.267. The Kier molecular flexibility index (Phi) is 4.30. The summed E-state index contributed by atoms with van der Waals surface area (Å²) in [7, 11) is 0. The van der Waals surface area contributed by atoms with Gasteiger partial charge < -0.3 is 11.1 Å². The van der Waals surface area contributed by atoms with Crippen molar-refractivity contribution in [3.63, 3.8) is 0 Å². The number of amides is 1. The summed E-state index contributed by atoms with van der Waals surface area (Å²) in [5.41, 5.74) is 7.85. The second-order valence-corrected chi connectivity index (χ2v) is 4.59. The lowest BCUT2D eigenvalue weighted by molar-refractivity contribution is 0.0929. The minimum atomic E-state index is -0.241. The molecule has 0 aliphatic rings. The average Bonchev–Trinajstić information content (AvgIpc) is 2.45. The van der Waals surface area contributed by atoms with Gasteiger partial charge in [-0.3, -0.25) is 9.78 Å². The molecule has 1 amide bonds. The molecule has 1 unspecified atom stereocenters. The fourth-order valence-corrected chi connectivity index (χ4v) is 2.04. The molecule has 0 radical (unpaired) electrons. The van der Waals surface area contributed by atoms with E-state index in [1.54, 1.807) is 24.4 Å². The number of carbonyl (C=O) groups excluding carboxylic acids is 1. The Bertz CT molecular complexity index is 612. The van der Waals surface area contributed by atoms with Crippen LogP contribution in [0.1, 0.15) is 41.1 Å². The first-order valence-corrected chi connectivity index (χ1v) is 6.56. The maximum absolute atomic E-state index is 12.2. The molecule has 2 heterocycles. The van der Waals surface area contributed by atoms with E-state index in [1.807, 2.05) is 26.0 Å². The van der Waals surface area contributed by atoms with Gasteiger partial charge >= 0.3 is 0 Å². The highest BCUT2D eigenvalue weighted by atomic mass is 16.1. The largest absolute Gasteiger partial charge is 0.384 e. The quantitative estimate of drug-likeness (QED) is 0.892. The number of hydrogen-bond donors (Lipinski definition) is 2. The number of aromatic nitrogens is 2. The van der Waals surface area contributed by atoms with Gasteiger partial charge in [0.2, 0.25) is 0 Å². The highest BCUT2D eigenvalue weighted by Gasteiger charge is 2.17. The molecular weight excluding hydrogens is 252 g/mol. The Balaban J connectivity index is 2.19. The Morgan fingerprint density at radius 3 is 2.80 bits per heavy atom. The second kappa shape index (κ2) is 6.14. The lowest BCUT2D eigenvalue weighted by atomic mass is 10.1. The summed E-state index contributed by atoms with van der Waals surface area (Å²) in [4.78, 5) is 20.6. The van der Waals surface area contributed by atoms with E-state index in [-0.39, 0.29) is 11.9 Å². The molecule has 2 rings (SSSR count). The average molecular weight is 270 g/mol. The summed E-state index contributed by atoms with van der Waals surface area (Å²) in [5.74, 6) is 0.0916. The van der Waals surface area contributed by atoms with Crippen molar-refractivity contribution in [2.75, 3.05) is 5.73 Å². The zero-order chi connectivity index (χ0) is 14.5. The second-order valence-electron chi connectivity index (χ2n) is 4.59. The van der Waals surface area contributed by atoms with E-state index >= 15 is 0 Å². The molecule has 2 aromatic rings. The topological polar surface area (TPSA) is 80.9 Å². The highest BCUT2D eigenvalue weighted by molar-refractivity contribution is 5.92. The van der Waals surface area contributed by atoms with Crippen molar-refractivity contribution in [3.8, 4) is 0 Å². The van der Waals surface area contributed by atoms with Gasteiger partial charge in [-0.15, -0.1) is 0 Å². The Morgan fingerprint density at radius 2 is 2.15 bits per heavy atom. The monoisotopic (exact) mass is 270 g/mol. The molecule has 2 aromatic heterocycles. The van der Waals surface area contributed by atoms with Crippen molar-refractivity contribution < 1.29 is 4.79 Å². The van der Waals surface area contributed by atoms with Crippen LogP contribution in [0.4, 0.5) is 5.82 Å². The number of hydrogen-bond acceptors (Lipinski definition) is 4. The molecule has 0 saturated heterocycles. The first-order chi connectivity index (χ1) is 9.61. The van der Waals surface area contributed by atoms with Gasteiger partial charge in [0.15, 0.2) is 0 Å². The summed E-state index contributed by atoms with van der Waals surface area (Å²) < 4.78 is 0.